The van der Waals surface area contributed by atoms with E-state index in [0.29, 0.717) is 0 Å². The number of halogens is 1. The lowest BCUT2D eigenvalue weighted by Crippen LogP contribution is -1.94. The van der Waals surface area contributed by atoms with Crippen LogP contribution in [0.5, 0.6) is 0 Å². The molecule has 3 rings (SSSR count). The molecule has 2 aromatic heterocycles. The van der Waals surface area contributed by atoms with Crippen LogP contribution in [0.4, 0.5) is 0 Å². The van der Waals surface area contributed by atoms with Crippen LogP contribution in [0, 0.1) is 0 Å². The molecule has 0 N–H and O–H groups in total. The standard InChI is InChI=1S/C13H10ClNS/c14-11-4-3-10-5-6-15(13(10)8-11)9-12-2-1-7-16-12/h1-8H,9H2. The predicted molar refractivity (Wildman–Crippen MR) is 70.4 cm³/mol. The molecule has 80 valence electrons. The van der Waals surface area contributed by atoms with E-state index in [4.69, 9.17) is 11.6 Å². The highest BCUT2D eigenvalue weighted by Gasteiger charge is 2.02. The van der Waals surface area contributed by atoms with Crippen molar-refractivity contribution in [3.63, 3.8) is 0 Å². The molecule has 1 nitrogen and oxygen atoms in total. The van der Waals surface area contributed by atoms with Crippen LogP contribution in [-0.4, -0.2) is 4.57 Å². The molecule has 3 heteroatoms. The van der Waals surface area contributed by atoms with Crippen LogP contribution in [0.15, 0.2) is 48.0 Å². The summed E-state index contributed by atoms with van der Waals surface area (Å²) in [6, 6.07) is 12.4. The maximum atomic E-state index is 6.02. The van der Waals surface area contributed by atoms with Gasteiger partial charge in [-0.1, -0.05) is 23.7 Å². The molecule has 0 atom stereocenters. The Kier molecular flexibility index (Phi) is 2.46. The molecule has 0 aliphatic heterocycles. The van der Waals surface area contributed by atoms with E-state index in [2.05, 4.69) is 40.4 Å². The van der Waals surface area contributed by atoms with Gasteiger partial charge in [0, 0.05) is 21.6 Å². The van der Waals surface area contributed by atoms with Gasteiger partial charge >= 0.3 is 0 Å². The molecule has 0 fully saturated rings. The fraction of sp³-hybridized carbons (Fsp3) is 0.0769. The lowest BCUT2D eigenvalue weighted by atomic mass is 10.2. The summed E-state index contributed by atoms with van der Waals surface area (Å²) in [4.78, 5) is 1.36. The molecule has 1 aromatic carbocycles. The van der Waals surface area contributed by atoms with E-state index in [1.54, 1.807) is 11.3 Å². The lowest BCUT2D eigenvalue weighted by molar-refractivity contribution is 0.852. The minimum atomic E-state index is 0.790. The van der Waals surface area contributed by atoms with E-state index in [0.717, 1.165) is 11.6 Å². The molecule has 0 aliphatic carbocycles. The zero-order chi connectivity index (χ0) is 11.0. The van der Waals surface area contributed by atoms with E-state index in [1.165, 1.54) is 15.8 Å². The summed E-state index contributed by atoms with van der Waals surface area (Å²) in [5.74, 6) is 0. The van der Waals surface area contributed by atoms with Gasteiger partial charge in [-0.25, -0.2) is 0 Å². The van der Waals surface area contributed by atoms with Gasteiger partial charge in [-0.3, -0.25) is 0 Å². The fourth-order valence-electron chi connectivity index (χ4n) is 1.87. The van der Waals surface area contributed by atoms with Crippen LogP contribution in [-0.2, 0) is 6.54 Å². The second-order valence-electron chi connectivity index (χ2n) is 3.73. The van der Waals surface area contributed by atoms with E-state index in [1.807, 2.05) is 12.1 Å². The summed E-state index contributed by atoms with van der Waals surface area (Å²) in [5, 5.41) is 4.13. The van der Waals surface area contributed by atoms with E-state index < -0.39 is 0 Å². The smallest absolute Gasteiger partial charge is 0.0569 e. The lowest BCUT2D eigenvalue weighted by Gasteiger charge is -2.03. The van der Waals surface area contributed by atoms with Gasteiger partial charge in [-0.2, -0.15) is 0 Å². The number of thiophene rings is 1. The minimum Gasteiger partial charge on any atom is -0.342 e. The molecule has 0 amide bonds. The Hall–Kier alpha value is -1.25. The summed E-state index contributed by atoms with van der Waals surface area (Å²) in [7, 11) is 0. The van der Waals surface area contributed by atoms with Gasteiger partial charge in [0.1, 0.15) is 0 Å². The van der Waals surface area contributed by atoms with Crippen molar-refractivity contribution in [1.29, 1.82) is 0 Å². The first-order chi connectivity index (χ1) is 7.83. The van der Waals surface area contributed by atoms with Crippen molar-refractivity contribution in [2.45, 2.75) is 6.54 Å². The maximum Gasteiger partial charge on any atom is 0.0569 e. The molecular formula is C13H10ClNS. The van der Waals surface area contributed by atoms with Gasteiger partial charge < -0.3 is 4.57 Å². The molecule has 0 saturated carbocycles. The van der Waals surface area contributed by atoms with E-state index in [-0.39, 0.29) is 0 Å². The van der Waals surface area contributed by atoms with Crippen molar-refractivity contribution in [3.05, 3.63) is 57.9 Å². The number of hydrogen-bond acceptors (Lipinski definition) is 1. The normalized spacial score (nSPS) is 11.1. The Morgan fingerprint density at radius 3 is 2.94 bits per heavy atom. The summed E-state index contributed by atoms with van der Waals surface area (Å²) >= 11 is 7.80. The van der Waals surface area contributed by atoms with Crippen LogP contribution < -0.4 is 0 Å². The summed E-state index contributed by atoms with van der Waals surface area (Å²) in [5.41, 5.74) is 1.20. The zero-order valence-corrected chi connectivity index (χ0v) is 10.1. The molecule has 0 spiro atoms. The monoisotopic (exact) mass is 247 g/mol. The van der Waals surface area contributed by atoms with Crippen LogP contribution in [0.1, 0.15) is 4.88 Å². The highest BCUT2D eigenvalue weighted by Crippen LogP contribution is 2.22. The first-order valence-corrected chi connectivity index (χ1v) is 6.35. The Bertz CT molecular complexity index is 610. The number of fused-ring (bicyclic) bond motifs is 1. The molecule has 0 unspecified atom stereocenters. The number of rotatable bonds is 2. The van der Waals surface area contributed by atoms with Crippen molar-refractivity contribution in [1.82, 2.24) is 4.57 Å². The average Bonchev–Trinajstić information content (AvgIpc) is 2.90. The summed E-state index contributed by atoms with van der Waals surface area (Å²) < 4.78 is 2.23. The number of nitrogens with zero attached hydrogens (tertiary/aromatic N) is 1. The van der Waals surface area contributed by atoms with Gasteiger partial charge in [-0.05, 0) is 35.0 Å². The van der Waals surface area contributed by atoms with Crippen molar-refractivity contribution in [2.24, 2.45) is 0 Å². The highest BCUT2D eigenvalue weighted by atomic mass is 35.5. The van der Waals surface area contributed by atoms with Crippen LogP contribution in [0.2, 0.25) is 5.02 Å². The largest absolute Gasteiger partial charge is 0.342 e. The van der Waals surface area contributed by atoms with E-state index in [9.17, 15) is 0 Å². The second-order valence-corrected chi connectivity index (χ2v) is 5.19. The molecule has 0 aliphatic rings. The molecule has 3 aromatic rings. The number of aromatic nitrogens is 1. The van der Waals surface area contributed by atoms with Crippen LogP contribution >= 0.6 is 22.9 Å². The first kappa shape index (κ1) is 9.94. The van der Waals surface area contributed by atoms with E-state index >= 15 is 0 Å². The third-order valence-corrected chi connectivity index (χ3v) is 3.74. The van der Waals surface area contributed by atoms with Gasteiger partial charge in [0.05, 0.1) is 6.54 Å². The topological polar surface area (TPSA) is 4.93 Å². The minimum absolute atomic E-state index is 0.790. The molecule has 16 heavy (non-hydrogen) atoms. The Balaban J connectivity index is 2.07. The summed E-state index contributed by atoms with van der Waals surface area (Å²) in [6.07, 6.45) is 2.11. The Morgan fingerprint density at radius 2 is 2.12 bits per heavy atom. The maximum absolute atomic E-state index is 6.02. The molecular weight excluding hydrogens is 238 g/mol. The zero-order valence-electron chi connectivity index (χ0n) is 8.56. The predicted octanol–water partition coefficient (Wildman–Crippen LogP) is 4.40. The van der Waals surface area contributed by atoms with Gasteiger partial charge in [-0.15, -0.1) is 11.3 Å². The third kappa shape index (κ3) is 1.75. The van der Waals surface area contributed by atoms with Crippen molar-refractivity contribution in [3.8, 4) is 0 Å². The van der Waals surface area contributed by atoms with Crippen molar-refractivity contribution >= 4 is 33.8 Å². The van der Waals surface area contributed by atoms with Crippen LogP contribution in [0.3, 0.4) is 0 Å². The first-order valence-electron chi connectivity index (χ1n) is 5.10. The quantitative estimate of drug-likeness (QED) is 0.632. The molecule has 0 bridgehead atoms. The Morgan fingerprint density at radius 1 is 1.19 bits per heavy atom. The SMILES string of the molecule is Clc1ccc2ccn(Cc3cccs3)c2c1. The molecule has 0 radical (unpaired) electrons. The third-order valence-electron chi connectivity index (χ3n) is 2.64. The number of hydrogen-bond donors (Lipinski definition) is 0. The molecule has 2 heterocycles. The van der Waals surface area contributed by atoms with Gasteiger partial charge in [0.15, 0.2) is 0 Å². The number of benzene rings is 1. The van der Waals surface area contributed by atoms with Gasteiger partial charge in [0.2, 0.25) is 0 Å². The van der Waals surface area contributed by atoms with Crippen molar-refractivity contribution in [2.75, 3.05) is 0 Å². The van der Waals surface area contributed by atoms with Crippen LogP contribution in [0.25, 0.3) is 10.9 Å². The van der Waals surface area contributed by atoms with Gasteiger partial charge in [0.25, 0.3) is 0 Å². The molecule has 0 saturated heterocycles. The highest BCUT2D eigenvalue weighted by molar-refractivity contribution is 7.09. The fourth-order valence-corrected chi connectivity index (χ4v) is 2.73. The summed E-state index contributed by atoms with van der Waals surface area (Å²) in [6.45, 7) is 0.918. The average molecular weight is 248 g/mol. The Labute approximate surface area is 103 Å². The second kappa shape index (κ2) is 3.96. The van der Waals surface area contributed by atoms with Crippen molar-refractivity contribution < 1.29 is 0 Å².